The normalized spacial score (nSPS) is 14.7. The zero-order valence-electron chi connectivity index (χ0n) is 17.5. The molecular formula is C23H29N3O4. The summed E-state index contributed by atoms with van der Waals surface area (Å²) in [6, 6.07) is 14.8. The lowest BCUT2D eigenvalue weighted by molar-refractivity contribution is -0.121. The Balaban J connectivity index is 1.42. The lowest BCUT2D eigenvalue weighted by Crippen LogP contribution is -2.39. The third-order valence-corrected chi connectivity index (χ3v) is 5.36. The summed E-state index contributed by atoms with van der Waals surface area (Å²) < 4.78 is 10.6. The van der Waals surface area contributed by atoms with E-state index in [2.05, 4.69) is 15.5 Å². The fourth-order valence-electron chi connectivity index (χ4n) is 3.62. The molecular weight excluding hydrogens is 382 g/mol. The summed E-state index contributed by atoms with van der Waals surface area (Å²) in [7, 11) is 3.17. The van der Waals surface area contributed by atoms with Gasteiger partial charge in [-0.05, 0) is 50.2 Å². The van der Waals surface area contributed by atoms with Gasteiger partial charge in [-0.1, -0.05) is 24.3 Å². The van der Waals surface area contributed by atoms with E-state index in [0.29, 0.717) is 35.8 Å². The van der Waals surface area contributed by atoms with Gasteiger partial charge in [0.15, 0.2) is 0 Å². The molecule has 1 fully saturated rings. The first-order chi connectivity index (χ1) is 14.6. The number of likely N-dealkylation sites (tertiary alicyclic amines) is 1. The first-order valence-electron chi connectivity index (χ1n) is 10.2. The lowest BCUT2D eigenvalue weighted by Gasteiger charge is -2.31. The first-order valence-corrected chi connectivity index (χ1v) is 10.2. The van der Waals surface area contributed by atoms with E-state index in [1.54, 1.807) is 14.2 Å². The van der Waals surface area contributed by atoms with Gasteiger partial charge in [-0.15, -0.1) is 0 Å². The van der Waals surface area contributed by atoms with Crippen molar-refractivity contribution in [3.63, 3.8) is 0 Å². The second kappa shape index (κ2) is 10.6. The number of piperidine rings is 1. The van der Waals surface area contributed by atoms with Crippen molar-refractivity contribution in [2.45, 2.75) is 19.3 Å². The summed E-state index contributed by atoms with van der Waals surface area (Å²) in [5.74, 6) is 1.24. The summed E-state index contributed by atoms with van der Waals surface area (Å²) in [4.78, 5) is 27.1. The first kappa shape index (κ1) is 21.6. The van der Waals surface area contributed by atoms with E-state index in [4.69, 9.17) is 9.47 Å². The molecule has 2 aromatic rings. The van der Waals surface area contributed by atoms with Gasteiger partial charge in [0.1, 0.15) is 11.5 Å². The molecule has 0 unspecified atom stereocenters. The highest BCUT2D eigenvalue weighted by molar-refractivity contribution is 5.94. The van der Waals surface area contributed by atoms with Gasteiger partial charge in [0.05, 0.1) is 25.6 Å². The molecule has 2 aromatic carbocycles. The quantitative estimate of drug-likeness (QED) is 0.696. The molecule has 1 aliphatic rings. The maximum absolute atomic E-state index is 12.6. The van der Waals surface area contributed by atoms with Crippen molar-refractivity contribution in [2.75, 3.05) is 44.5 Å². The Morgan fingerprint density at radius 2 is 1.43 bits per heavy atom. The van der Waals surface area contributed by atoms with Crippen molar-refractivity contribution in [2.24, 2.45) is 5.92 Å². The number of anilines is 2. The molecule has 2 N–H and O–H groups in total. The Morgan fingerprint density at radius 1 is 0.900 bits per heavy atom. The molecule has 0 saturated carbocycles. The second-order valence-corrected chi connectivity index (χ2v) is 7.30. The van der Waals surface area contributed by atoms with Crippen LogP contribution in [0.25, 0.3) is 0 Å². The Morgan fingerprint density at radius 3 is 2.00 bits per heavy atom. The SMILES string of the molecule is COc1ccccc1NC(=O)CCN1CCC(C(=O)Nc2ccccc2OC)CC1. The molecule has 0 atom stereocenters. The summed E-state index contributed by atoms with van der Waals surface area (Å²) in [6.45, 7) is 2.26. The molecule has 0 radical (unpaired) electrons. The largest absolute Gasteiger partial charge is 0.495 e. The van der Waals surface area contributed by atoms with Crippen LogP contribution >= 0.6 is 0 Å². The molecule has 1 saturated heterocycles. The Labute approximate surface area is 177 Å². The molecule has 3 rings (SSSR count). The van der Waals surface area contributed by atoms with Gasteiger partial charge in [-0.2, -0.15) is 0 Å². The second-order valence-electron chi connectivity index (χ2n) is 7.30. The molecule has 0 aromatic heterocycles. The Hall–Kier alpha value is -3.06. The number of hydrogen-bond donors (Lipinski definition) is 2. The molecule has 0 spiro atoms. The molecule has 160 valence electrons. The number of nitrogens with one attached hydrogen (secondary N) is 2. The predicted molar refractivity (Wildman–Crippen MR) is 117 cm³/mol. The Bertz CT molecular complexity index is 863. The Kier molecular flexibility index (Phi) is 7.68. The summed E-state index contributed by atoms with van der Waals surface area (Å²) in [5, 5.41) is 5.88. The fraction of sp³-hybridized carbons (Fsp3) is 0.391. The van der Waals surface area contributed by atoms with Crippen LogP contribution in [0.3, 0.4) is 0 Å². The van der Waals surface area contributed by atoms with Crippen molar-refractivity contribution < 1.29 is 19.1 Å². The van der Waals surface area contributed by atoms with Crippen molar-refractivity contribution in [1.82, 2.24) is 4.90 Å². The topological polar surface area (TPSA) is 79.9 Å². The summed E-state index contributed by atoms with van der Waals surface area (Å²) in [5.41, 5.74) is 1.37. The maximum atomic E-state index is 12.6. The molecule has 1 heterocycles. The van der Waals surface area contributed by atoms with Crippen LogP contribution in [-0.4, -0.2) is 50.6 Å². The molecule has 7 heteroatoms. The number of amides is 2. The molecule has 0 bridgehead atoms. The fourth-order valence-corrected chi connectivity index (χ4v) is 3.62. The summed E-state index contributed by atoms with van der Waals surface area (Å²) in [6.07, 6.45) is 1.94. The van der Waals surface area contributed by atoms with Gasteiger partial charge in [0.2, 0.25) is 11.8 Å². The van der Waals surface area contributed by atoms with Crippen LogP contribution in [0.4, 0.5) is 11.4 Å². The average Bonchev–Trinajstić information content (AvgIpc) is 2.78. The van der Waals surface area contributed by atoms with Gasteiger partial charge in [-0.25, -0.2) is 0 Å². The van der Waals surface area contributed by atoms with E-state index in [1.807, 2.05) is 48.5 Å². The van der Waals surface area contributed by atoms with Gasteiger partial charge >= 0.3 is 0 Å². The summed E-state index contributed by atoms with van der Waals surface area (Å²) >= 11 is 0. The van der Waals surface area contributed by atoms with E-state index in [1.165, 1.54) is 0 Å². The van der Waals surface area contributed by atoms with E-state index in [9.17, 15) is 9.59 Å². The number of benzene rings is 2. The maximum Gasteiger partial charge on any atom is 0.227 e. The van der Waals surface area contributed by atoms with Crippen LogP contribution in [0, 0.1) is 5.92 Å². The number of carbonyl (C=O) groups excluding carboxylic acids is 2. The van der Waals surface area contributed by atoms with Gasteiger partial charge in [-0.3, -0.25) is 9.59 Å². The van der Waals surface area contributed by atoms with Gasteiger partial charge < -0.3 is 25.0 Å². The van der Waals surface area contributed by atoms with Crippen molar-refractivity contribution >= 4 is 23.2 Å². The third kappa shape index (κ3) is 5.73. The molecule has 1 aliphatic heterocycles. The number of ether oxygens (including phenoxy) is 2. The van der Waals surface area contributed by atoms with Crippen LogP contribution in [-0.2, 0) is 9.59 Å². The van der Waals surface area contributed by atoms with Gasteiger partial charge in [0, 0.05) is 18.9 Å². The van der Waals surface area contributed by atoms with Crippen LogP contribution in [0.15, 0.2) is 48.5 Å². The average molecular weight is 412 g/mol. The van der Waals surface area contributed by atoms with Crippen molar-refractivity contribution in [3.8, 4) is 11.5 Å². The zero-order chi connectivity index (χ0) is 21.3. The van der Waals surface area contributed by atoms with Crippen LogP contribution in [0.5, 0.6) is 11.5 Å². The number of carbonyl (C=O) groups is 2. The van der Waals surface area contributed by atoms with Crippen LogP contribution < -0.4 is 20.1 Å². The highest BCUT2D eigenvalue weighted by Crippen LogP contribution is 2.26. The van der Waals surface area contributed by atoms with E-state index in [0.717, 1.165) is 25.9 Å². The number of para-hydroxylation sites is 4. The minimum atomic E-state index is -0.0458. The monoisotopic (exact) mass is 411 g/mol. The van der Waals surface area contributed by atoms with Crippen LogP contribution in [0.1, 0.15) is 19.3 Å². The minimum absolute atomic E-state index is 0.0214. The molecule has 2 amide bonds. The van der Waals surface area contributed by atoms with E-state index >= 15 is 0 Å². The highest BCUT2D eigenvalue weighted by Gasteiger charge is 2.25. The lowest BCUT2D eigenvalue weighted by atomic mass is 9.95. The minimum Gasteiger partial charge on any atom is -0.495 e. The number of nitrogens with zero attached hydrogens (tertiary/aromatic N) is 1. The number of hydrogen-bond acceptors (Lipinski definition) is 5. The predicted octanol–water partition coefficient (Wildman–Crippen LogP) is 3.38. The number of rotatable bonds is 8. The van der Waals surface area contributed by atoms with Gasteiger partial charge in [0.25, 0.3) is 0 Å². The molecule has 0 aliphatic carbocycles. The van der Waals surface area contributed by atoms with Crippen LogP contribution in [0.2, 0.25) is 0 Å². The third-order valence-electron chi connectivity index (χ3n) is 5.36. The molecule has 30 heavy (non-hydrogen) atoms. The van der Waals surface area contributed by atoms with Crippen molar-refractivity contribution in [1.29, 1.82) is 0 Å². The smallest absolute Gasteiger partial charge is 0.227 e. The molecule has 7 nitrogen and oxygen atoms in total. The van der Waals surface area contributed by atoms with E-state index in [-0.39, 0.29) is 17.7 Å². The zero-order valence-corrected chi connectivity index (χ0v) is 17.5. The highest BCUT2D eigenvalue weighted by atomic mass is 16.5. The van der Waals surface area contributed by atoms with Crippen molar-refractivity contribution in [3.05, 3.63) is 48.5 Å². The number of methoxy groups -OCH3 is 2. The van der Waals surface area contributed by atoms with E-state index < -0.39 is 0 Å². The standard InChI is InChI=1S/C23H29N3O4/c1-29-20-9-5-3-7-18(20)24-22(27)13-16-26-14-11-17(12-15-26)23(28)25-19-8-4-6-10-21(19)30-2/h3-10,17H,11-16H2,1-2H3,(H,24,27)(H,25,28).